The van der Waals surface area contributed by atoms with E-state index in [4.69, 9.17) is 9.47 Å². The maximum absolute atomic E-state index is 11.5. The molecule has 0 aliphatic rings. The second kappa shape index (κ2) is 8.71. The van der Waals surface area contributed by atoms with Gasteiger partial charge in [0.05, 0.1) is 9.13 Å². The Balaban J connectivity index is 1.81. The van der Waals surface area contributed by atoms with Gasteiger partial charge in [-0.25, -0.2) is 4.79 Å². The van der Waals surface area contributed by atoms with Crippen LogP contribution in [0.4, 0.5) is 0 Å². The fourth-order valence-electron chi connectivity index (χ4n) is 2.38. The largest absolute Gasteiger partial charge is 0.488 e. The van der Waals surface area contributed by atoms with Crippen molar-refractivity contribution in [2.24, 2.45) is 0 Å². The van der Waals surface area contributed by atoms with Crippen LogP contribution in [0.25, 0.3) is 0 Å². The molecule has 0 bridgehead atoms. The van der Waals surface area contributed by atoms with E-state index in [1.54, 1.807) is 0 Å². The third-order valence-corrected chi connectivity index (χ3v) is 4.79. The first-order chi connectivity index (χ1) is 12.6. The van der Waals surface area contributed by atoms with Gasteiger partial charge in [0.2, 0.25) is 0 Å². The summed E-state index contributed by atoms with van der Waals surface area (Å²) in [6.45, 7) is 0.718. The van der Waals surface area contributed by atoms with E-state index in [1.807, 2.05) is 60.7 Å². The van der Waals surface area contributed by atoms with Gasteiger partial charge in [-0.2, -0.15) is 0 Å². The molecule has 1 N–H and O–H groups in total. The minimum absolute atomic E-state index is 0.136. The van der Waals surface area contributed by atoms with Crippen LogP contribution < -0.4 is 9.47 Å². The molecule has 4 nitrogen and oxygen atoms in total. The summed E-state index contributed by atoms with van der Waals surface area (Å²) < 4.78 is 12.5. The van der Waals surface area contributed by atoms with E-state index >= 15 is 0 Å². The van der Waals surface area contributed by atoms with Crippen molar-refractivity contribution >= 4 is 28.6 Å². The highest BCUT2D eigenvalue weighted by molar-refractivity contribution is 14.1. The van der Waals surface area contributed by atoms with E-state index < -0.39 is 5.97 Å². The Labute approximate surface area is 165 Å². The molecular formula is C21H17IO4. The molecule has 0 unspecified atom stereocenters. The number of hydrogen-bond donors (Lipinski definition) is 1. The van der Waals surface area contributed by atoms with Crippen LogP contribution >= 0.6 is 22.6 Å². The Morgan fingerprint density at radius 1 is 0.808 bits per heavy atom. The Kier molecular flexibility index (Phi) is 6.12. The second-order valence-electron chi connectivity index (χ2n) is 5.64. The third kappa shape index (κ3) is 4.76. The lowest BCUT2D eigenvalue weighted by Crippen LogP contribution is -2.04. The molecule has 132 valence electrons. The van der Waals surface area contributed by atoms with Crippen molar-refractivity contribution in [1.29, 1.82) is 0 Å². The quantitative estimate of drug-likeness (QED) is 0.496. The molecule has 0 atom stereocenters. The summed E-state index contributed by atoms with van der Waals surface area (Å²) in [7, 11) is 0. The predicted octanol–water partition coefficient (Wildman–Crippen LogP) is 5.15. The van der Waals surface area contributed by atoms with E-state index in [0.717, 1.165) is 14.7 Å². The maximum atomic E-state index is 11.5. The topological polar surface area (TPSA) is 55.8 Å². The third-order valence-electron chi connectivity index (χ3n) is 3.73. The van der Waals surface area contributed by atoms with Crippen LogP contribution in [0.15, 0.2) is 72.8 Å². The Morgan fingerprint density at radius 3 is 1.62 bits per heavy atom. The molecule has 0 aromatic heterocycles. The second-order valence-corrected chi connectivity index (χ2v) is 6.72. The highest BCUT2D eigenvalue weighted by Gasteiger charge is 2.15. The molecule has 0 aliphatic heterocycles. The van der Waals surface area contributed by atoms with Gasteiger partial charge in [0.15, 0.2) is 0 Å². The number of carboxylic acids is 1. The van der Waals surface area contributed by atoms with Crippen molar-refractivity contribution in [3.05, 3.63) is 93.1 Å². The number of carboxylic acid groups (broad SMARTS) is 1. The lowest BCUT2D eigenvalue weighted by Gasteiger charge is -2.14. The minimum atomic E-state index is -1.02. The van der Waals surface area contributed by atoms with Gasteiger partial charge in [-0.15, -0.1) is 0 Å². The molecule has 0 heterocycles. The zero-order valence-electron chi connectivity index (χ0n) is 13.9. The van der Waals surface area contributed by atoms with Crippen LogP contribution in [0.5, 0.6) is 11.5 Å². The molecular weight excluding hydrogens is 443 g/mol. The van der Waals surface area contributed by atoms with Gasteiger partial charge in [0.1, 0.15) is 24.7 Å². The van der Waals surface area contributed by atoms with Gasteiger partial charge in [-0.1, -0.05) is 60.7 Å². The van der Waals surface area contributed by atoms with E-state index in [2.05, 4.69) is 22.6 Å². The Bertz CT molecular complexity index is 815. The lowest BCUT2D eigenvalue weighted by atomic mass is 10.2. The molecule has 0 spiro atoms. The van der Waals surface area contributed by atoms with Crippen LogP contribution in [-0.4, -0.2) is 11.1 Å². The summed E-state index contributed by atoms with van der Waals surface area (Å²) in [5.41, 5.74) is 2.16. The fourth-order valence-corrected chi connectivity index (χ4v) is 3.00. The van der Waals surface area contributed by atoms with Gasteiger partial charge in [-0.05, 0) is 45.9 Å². The fraction of sp³-hybridized carbons (Fsp3) is 0.0952. The number of hydrogen-bond acceptors (Lipinski definition) is 3. The summed E-state index contributed by atoms with van der Waals surface area (Å²) in [5, 5.41) is 9.38. The molecule has 0 saturated carbocycles. The van der Waals surface area contributed by atoms with Crippen LogP contribution in [0, 0.1) is 3.57 Å². The monoisotopic (exact) mass is 460 g/mol. The minimum Gasteiger partial charge on any atom is -0.488 e. The summed E-state index contributed by atoms with van der Waals surface area (Å²) in [5.74, 6) is -0.0228. The summed E-state index contributed by atoms with van der Waals surface area (Å²) in [6.07, 6.45) is 0. The van der Waals surface area contributed by atoms with Crippen LogP contribution in [0.1, 0.15) is 21.5 Å². The van der Waals surface area contributed by atoms with Crippen LogP contribution in [0.2, 0.25) is 0 Å². The lowest BCUT2D eigenvalue weighted by molar-refractivity contribution is 0.0695. The average Bonchev–Trinajstić information content (AvgIpc) is 2.67. The van der Waals surface area contributed by atoms with Crippen molar-refractivity contribution in [1.82, 2.24) is 0 Å². The van der Waals surface area contributed by atoms with E-state index in [1.165, 1.54) is 12.1 Å². The van der Waals surface area contributed by atoms with Crippen molar-refractivity contribution in [3.8, 4) is 11.5 Å². The van der Waals surface area contributed by atoms with E-state index in [0.29, 0.717) is 24.7 Å². The first-order valence-corrected chi connectivity index (χ1v) is 9.11. The molecule has 26 heavy (non-hydrogen) atoms. The van der Waals surface area contributed by atoms with Crippen molar-refractivity contribution < 1.29 is 19.4 Å². The van der Waals surface area contributed by atoms with Crippen molar-refractivity contribution in [2.45, 2.75) is 13.2 Å². The molecule has 0 amide bonds. The molecule has 0 saturated heterocycles. The number of rotatable bonds is 7. The first-order valence-electron chi connectivity index (χ1n) is 8.04. The SMILES string of the molecule is O=C(O)c1cc(OCc2ccccc2)c(I)c(OCc2ccccc2)c1. The highest BCUT2D eigenvalue weighted by atomic mass is 127. The number of halogens is 1. The zero-order chi connectivity index (χ0) is 18.4. The number of carbonyl (C=O) groups is 1. The maximum Gasteiger partial charge on any atom is 0.335 e. The summed E-state index contributed by atoms with van der Waals surface area (Å²) in [4.78, 5) is 11.5. The molecule has 0 fully saturated rings. The zero-order valence-corrected chi connectivity index (χ0v) is 16.0. The number of ether oxygens (including phenoxy) is 2. The molecule has 3 aromatic carbocycles. The molecule has 3 aromatic rings. The van der Waals surface area contributed by atoms with E-state index in [9.17, 15) is 9.90 Å². The van der Waals surface area contributed by atoms with Gasteiger partial charge >= 0.3 is 5.97 Å². The van der Waals surface area contributed by atoms with Gasteiger partial charge in [-0.3, -0.25) is 0 Å². The number of benzene rings is 3. The van der Waals surface area contributed by atoms with Gasteiger partial charge in [0.25, 0.3) is 0 Å². The first kappa shape index (κ1) is 18.3. The smallest absolute Gasteiger partial charge is 0.335 e. The van der Waals surface area contributed by atoms with Gasteiger partial charge in [0, 0.05) is 0 Å². The van der Waals surface area contributed by atoms with Crippen molar-refractivity contribution in [2.75, 3.05) is 0 Å². The van der Waals surface area contributed by atoms with Crippen LogP contribution in [0.3, 0.4) is 0 Å². The predicted molar refractivity (Wildman–Crippen MR) is 108 cm³/mol. The summed E-state index contributed by atoms with van der Waals surface area (Å²) in [6, 6.07) is 22.5. The summed E-state index contributed by atoms with van der Waals surface area (Å²) >= 11 is 2.12. The normalized spacial score (nSPS) is 10.3. The average molecular weight is 460 g/mol. The molecule has 0 radical (unpaired) electrons. The van der Waals surface area contributed by atoms with Gasteiger partial charge < -0.3 is 14.6 Å². The molecule has 5 heteroatoms. The Morgan fingerprint density at radius 2 is 1.23 bits per heavy atom. The molecule has 0 aliphatic carbocycles. The molecule has 3 rings (SSSR count). The van der Waals surface area contributed by atoms with Crippen molar-refractivity contribution in [3.63, 3.8) is 0 Å². The van der Waals surface area contributed by atoms with Crippen LogP contribution in [-0.2, 0) is 13.2 Å². The Hall–Kier alpha value is -2.54. The number of aromatic carboxylic acids is 1. The van der Waals surface area contributed by atoms with E-state index in [-0.39, 0.29) is 5.56 Å². The standard InChI is InChI=1S/C21H17IO4/c22-20-18(25-13-15-7-3-1-4-8-15)11-17(21(23)24)12-19(20)26-14-16-9-5-2-6-10-16/h1-12H,13-14H2,(H,23,24). The highest BCUT2D eigenvalue weighted by Crippen LogP contribution is 2.33.